The topological polar surface area (TPSA) is 70.7 Å². The first-order valence-electron chi connectivity index (χ1n) is 9.53. The van der Waals surface area contributed by atoms with Crippen LogP contribution >= 0.6 is 11.6 Å². The molecule has 0 unspecified atom stereocenters. The lowest BCUT2D eigenvalue weighted by molar-refractivity contribution is -0.198. The molecule has 6 nitrogen and oxygen atoms in total. The number of benzene rings is 1. The zero-order chi connectivity index (χ0) is 22.1. The van der Waals surface area contributed by atoms with E-state index in [1.165, 1.54) is 23.1 Å². The van der Waals surface area contributed by atoms with Gasteiger partial charge in [0.05, 0.1) is 17.2 Å². The summed E-state index contributed by atoms with van der Waals surface area (Å²) in [5.74, 6) is -1.11. The number of rotatable bonds is 5. The van der Waals surface area contributed by atoms with Crippen LogP contribution in [0.4, 0.5) is 22.4 Å². The van der Waals surface area contributed by atoms with Gasteiger partial charge >= 0.3 is 12.2 Å². The largest absolute Gasteiger partial charge is 0.411 e. The molecule has 11 heteroatoms. The van der Waals surface area contributed by atoms with Crippen LogP contribution in [0.25, 0.3) is 0 Å². The van der Waals surface area contributed by atoms with E-state index in [2.05, 4.69) is 10.6 Å². The van der Waals surface area contributed by atoms with Crippen molar-refractivity contribution in [2.45, 2.75) is 44.1 Å². The molecule has 2 fully saturated rings. The van der Waals surface area contributed by atoms with Gasteiger partial charge in [-0.25, -0.2) is 9.18 Å². The monoisotopic (exact) mass is 451 g/mol. The highest BCUT2D eigenvalue weighted by atomic mass is 35.5. The number of hydrogen-bond donors (Lipinski definition) is 2. The molecule has 0 bridgehead atoms. The molecule has 1 aromatic rings. The minimum absolute atomic E-state index is 0.123. The molecular weight excluding hydrogens is 430 g/mol. The predicted molar refractivity (Wildman–Crippen MR) is 100 cm³/mol. The van der Waals surface area contributed by atoms with Crippen molar-refractivity contribution in [1.82, 2.24) is 15.5 Å². The van der Waals surface area contributed by atoms with Crippen LogP contribution in [0, 0.1) is 11.7 Å². The van der Waals surface area contributed by atoms with E-state index in [1.807, 2.05) is 0 Å². The Morgan fingerprint density at radius 2 is 2.10 bits per heavy atom. The standard InChI is InChI=1S/C19H22ClF4N3O3/c1-10-17(28)25-4-5-27(10)18(29)26-16(11-2-3-15(21)14(20)8-11)12-6-13(7-12)30-9-19(22,23)24/h2-3,8,10,12-13,16H,4-7,9H2,1H3,(H,25,28)(H,26,29)/t10-,12-,13-,16+/m1/s1. The molecule has 0 spiro atoms. The Morgan fingerprint density at radius 3 is 2.73 bits per heavy atom. The van der Waals surface area contributed by atoms with E-state index in [-0.39, 0.29) is 16.8 Å². The van der Waals surface area contributed by atoms with Crippen molar-refractivity contribution in [2.24, 2.45) is 5.92 Å². The molecule has 0 aromatic heterocycles. The summed E-state index contributed by atoms with van der Waals surface area (Å²) in [7, 11) is 0. The van der Waals surface area contributed by atoms with E-state index in [4.69, 9.17) is 16.3 Å². The number of nitrogens with zero attached hydrogens (tertiary/aromatic N) is 1. The molecule has 30 heavy (non-hydrogen) atoms. The Bertz CT molecular complexity index is 802. The van der Waals surface area contributed by atoms with Crippen LogP contribution in [-0.4, -0.2) is 54.9 Å². The molecule has 3 rings (SSSR count). The summed E-state index contributed by atoms with van der Waals surface area (Å²) < 4.78 is 55.5. The lowest BCUT2D eigenvalue weighted by Crippen LogP contribution is -2.59. The summed E-state index contributed by atoms with van der Waals surface area (Å²) in [5.41, 5.74) is 0.531. The molecule has 1 aliphatic heterocycles. The molecule has 1 aromatic carbocycles. The van der Waals surface area contributed by atoms with Crippen LogP contribution in [0.3, 0.4) is 0 Å². The minimum Gasteiger partial charge on any atom is -0.369 e. The van der Waals surface area contributed by atoms with Crippen LogP contribution in [0.1, 0.15) is 31.4 Å². The molecule has 166 valence electrons. The number of urea groups is 1. The number of halogens is 5. The van der Waals surface area contributed by atoms with Gasteiger partial charge in [0, 0.05) is 13.1 Å². The first kappa shape index (κ1) is 22.6. The van der Waals surface area contributed by atoms with Crippen molar-refractivity contribution in [2.75, 3.05) is 19.7 Å². The number of ether oxygens (including phenoxy) is 1. The molecule has 0 radical (unpaired) electrons. The van der Waals surface area contributed by atoms with Crippen molar-refractivity contribution >= 4 is 23.5 Å². The molecule has 2 aliphatic rings. The number of alkyl halides is 3. The first-order chi connectivity index (χ1) is 14.0. The average molecular weight is 452 g/mol. The molecule has 2 N–H and O–H groups in total. The van der Waals surface area contributed by atoms with Crippen LogP contribution in [0.2, 0.25) is 5.02 Å². The fourth-order valence-corrected chi connectivity index (χ4v) is 3.87. The first-order valence-corrected chi connectivity index (χ1v) is 9.91. The zero-order valence-corrected chi connectivity index (χ0v) is 16.9. The van der Waals surface area contributed by atoms with E-state index in [9.17, 15) is 27.2 Å². The molecule has 1 heterocycles. The van der Waals surface area contributed by atoms with Gasteiger partial charge in [0.2, 0.25) is 5.91 Å². The van der Waals surface area contributed by atoms with Crippen molar-refractivity contribution in [3.63, 3.8) is 0 Å². The maximum absolute atomic E-state index is 13.6. The van der Waals surface area contributed by atoms with Crippen molar-refractivity contribution in [3.8, 4) is 0 Å². The van der Waals surface area contributed by atoms with E-state index in [0.717, 1.165) is 0 Å². The van der Waals surface area contributed by atoms with Gasteiger partial charge in [-0.15, -0.1) is 0 Å². The molecule has 1 saturated heterocycles. The third-order valence-corrected chi connectivity index (χ3v) is 5.72. The summed E-state index contributed by atoms with van der Waals surface area (Å²) >= 11 is 5.88. The van der Waals surface area contributed by atoms with Gasteiger partial charge in [-0.3, -0.25) is 4.79 Å². The SMILES string of the molecule is C[C@@H]1C(=O)NCCN1C(=O)N[C@@H](c1ccc(F)c(Cl)c1)[C@H]1C[C@H](OCC(F)(F)F)C1. The summed E-state index contributed by atoms with van der Waals surface area (Å²) in [4.78, 5) is 26.0. The van der Waals surface area contributed by atoms with Gasteiger partial charge in [-0.05, 0) is 43.4 Å². The number of hydrogen-bond acceptors (Lipinski definition) is 3. The summed E-state index contributed by atoms with van der Waals surface area (Å²) in [6.07, 6.45) is -4.39. The normalized spacial score (nSPS) is 25.3. The number of carbonyl (C=O) groups excluding carboxylic acids is 2. The number of piperazine rings is 1. The number of carbonyl (C=O) groups is 2. The number of amides is 3. The van der Waals surface area contributed by atoms with Gasteiger partial charge in [-0.2, -0.15) is 13.2 Å². The highest BCUT2D eigenvalue weighted by Gasteiger charge is 2.41. The Morgan fingerprint density at radius 1 is 1.40 bits per heavy atom. The molecule has 1 aliphatic carbocycles. The average Bonchev–Trinajstić information content (AvgIpc) is 2.63. The third-order valence-electron chi connectivity index (χ3n) is 5.43. The fourth-order valence-electron chi connectivity index (χ4n) is 3.68. The van der Waals surface area contributed by atoms with E-state index < -0.39 is 42.8 Å². The minimum atomic E-state index is -4.41. The van der Waals surface area contributed by atoms with Crippen LogP contribution in [-0.2, 0) is 9.53 Å². The van der Waals surface area contributed by atoms with Gasteiger partial charge < -0.3 is 20.3 Å². The van der Waals surface area contributed by atoms with E-state index in [0.29, 0.717) is 31.5 Å². The van der Waals surface area contributed by atoms with Crippen molar-refractivity contribution < 1.29 is 31.9 Å². The molecule has 2 atom stereocenters. The molecular formula is C19H22ClF4N3O3. The Labute approximate surface area is 175 Å². The third kappa shape index (κ3) is 5.34. The summed E-state index contributed by atoms with van der Waals surface area (Å²) in [5, 5.41) is 5.38. The smallest absolute Gasteiger partial charge is 0.369 e. The van der Waals surface area contributed by atoms with Crippen molar-refractivity contribution in [3.05, 3.63) is 34.6 Å². The molecule has 3 amide bonds. The van der Waals surface area contributed by atoms with Crippen molar-refractivity contribution in [1.29, 1.82) is 0 Å². The van der Waals surface area contributed by atoms with Gasteiger partial charge in [0.15, 0.2) is 0 Å². The van der Waals surface area contributed by atoms with Gasteiger partial charge in [0.1, 0.15) is 18.5 Å². The van der Waals surface area contributed by atoms with Crippen LogP contribution in [0.5, 0.6) is 0 Å². The van der Waals surface area contributed by atoms with Gasteiger partial charge in [-0.1, -0.05) is 17.7 Å². The van der Waals surface area contributed by atoms with E-state index >= 15 is 0 Å². The highest BCUT2D eigenvalue weighted by Crippen LogP contribution is 2.41. The lowest BCUT2D eigenvalue weighted by atomic mass is 9.75. The molecule has 1 saturated carbocycles. The fraction of sp³-hybridized carbons (Fsp3) is 0.579. The Kier molecular flexibility index (Phi) is 6.76. The zero-order valence-electron chi connectivity index (χ0n) is 16.1. The van der Waals surface area contributed by atoms with Gasteiger partial charge in [0.25, 0.3) is 0 Å². The Hall–Kier alpha value is -2.07. The maximum atomic E-state index is 13.6. The summed E-state index contributed by atoms with van der Waals surface area (Å²) in [6, 6.07) is 2.27. The second-order valence-corrected chi connectivity index (χ2v) is 7.95. The quantitative estimate of drug-likeness (QED) is 0.674. The number of nitrogens with one attached hydrogen (secondary N) is 2. The predicted octanol–water partition coefficient (Wildman–Crippen LogP) is 3.41. The second-order valence-electron chi connectivity index (χ2n) is 7.54. The lowest BCUT2D eigenvalue weighted by Gasteiger charge is -2.42. The Balaban J connectivity index is 1.71. The van der Waals surface area contributed by atoms with E-state index in [1.54, 1.807) is 6.92 Å². The van der Waals surface area contributed by atoms with Crippen LogP contribution < -0.4 is 10.6 Å². The maximum Gasteiger partial charge on any atom is 0.411 e. The highest BCUT2D eigenvalue weighted by molar-refractivity contribution is 6.30. The van der Waals surface area contributed by atoms with Crippen LogP contribution in [0.15, 0.2) is 18.2 Å². The summed E-state index contributed by atoms with van der Waals surface area (Å²) in [6.45, 7) is 0.907. The second kappa shape index (κ2) is 8.97.